The Labute approximate surface area is 126 Å². The average molecular weight is 296 g/mol. The van der Waals surface area contributed by atoms with E-state index in [9.17, 15) is 0 Å². The van der Waals surface area contributed by atoms with Crippen LogP contribution in [0.25, 0.3) is 22.8 Å². The molecule has 0 aliphatic carbocycles. The minimum Gasteiger partial charge on any atom is -0.493 e. The number of hydrogen-bond donors (Lipinski definition) is 0. The summed E-state index contributed by atoms with van der Waals surface area (Å²) in [5, 5.41) is 0. The van der Waals surface area contributed by atoms with Crippen molar-refractivity contribution in [3.63, 3.8) is 0 Å². The van der Waals surface area contributed by atoms with Crippen molar-refractivity contribution in [2.75, 3.05) is 13.9 Å². The monoisotopic (exact) mass is 296 g/mol. The van der Waals surface area contributed by atoms with Crippen molar-refractivity contribution in [2.24, 2.45) is 0 Å². The summed E-state index contributed by atoms with van der Waals surface area (Å²) in [6, 6.07) is 7.41. The molecule has 0 atom stereocenters. The van der Waals surface area contributed by atoms with Gasteiger partial charge in [-0.2, -0.15) is 0 Å². The van der Waals surface area contributed by atoms with E-state index in [1.165, 1.54) is 0 Å². The van der Waals surface area contributed by atoms with Crippen LogP contribution in [0.1, 0.15) is 0 Å². The first-order valence-corrected chi connectivity index (χ1v) is 6.69. The van der Waals surface area contributed by atoms with Crippen LogP contribution < -0.4 is 14.2 Å². The van der Waals surface area contributed by atoms with Gasteiger partial charge in [0, 0.05) is 18.0 Å². The van der Waals surface area contributed by atoms with Crippen molar-refractivity contribution in [3.8, 4) is 40.0 Å². The van der Waals surface area contributed by atoms with E-state index in [0.717, 1.165) is 11.1 Å². The van der Waals surface area contributed by atoms with E-state index in [-0.39, 0.29) is 6.79 Å². The van der Waals surface area contributed by atoms with Gasteiger partial charge in [-0.15, -0.1) is 0 Å². The molecule has 3 aromatic rings. The number of hydrogen-bond acceptors (Lipinski definition) is 6. The van der Waals surface area contributed by atoms with Crippen LogP contribution in [-0.2, 0) is 0 Å². The molecule has 0 bridgehead atoms. The predicted molar refractivity (Wildman–Crippen MR) is 77.8 cm³/mol. The molecule has 2 aromatic heterocycles. The van der Waals surface area contributed by atoms with Crippen molar-refractivity contribution < 1.29 is 18.6 Å². The van der Waals surface area contributed by atoms with Gasteiger partial charge in [0.15, 0.2) is 17.3 Å². The maximum absolute atomic E-state index is 5.81. The Hall–Kier alpha value is -3.02. The third kappa shape index (κ3) is 2.05. The highest BCUT2D eigenvalue weighted by molar-refractivity contribution is 5.69. The summed E-state index contributed by atoms with van der Waals surface area (Å²) in [6.45, 7) is 0.187. The van der Waals surface area contributed by atoms with Crippen molar-refractivity contribution in [2.45, 2.75) is 0 Å². The smallest absolute Gasteiger partial charge is 0.231 e. The van der Waals surface area contributed by atoms with E-state index in [1.54, 1.807) is 25.7 Å². The number of methoxy groups -OCH3 is 1. The van der Waals surface area contributed by atoms with Gasteiger partial charge in [0.05, 0.1) is 18.9 Å². The number of pyridine rings is 1. The van der Waals surface area contributed by atoms with Crippen LogP contribution in [0, 0.1) is 0 Å². The van der Waals surface area contributed by atoms with Gasteiger partial charge in [-0.1, -0.05) is 0 Å². The van der Waals surface area contributed by atoms with E-state index < -0.39 is 0 Å². The highest BCUT2D eigenvalue weighted by atomic mass is 16.7. The molecule has 0 amide bonds. The molecule has 0 radical (unpaired) electrons. The molecule has 0 saturated carbocycles. The molecule has 110 valence electrons. The lowest BCUT2D eigenvalue weighted by Crippen LogP contribution is -1.93. The Morgan fingerprint density at radius 3 is 2.91 bits per heavy atom. The first kappa shape index (κ1) is 12.7. The summed E-state index contributed by atoms with van der Waals surface area (Å²) >= 11 is 0. The number of ether oxygens (including phenoxy) is 3. The van der Waals surface area contributed by atoms with E-state index in [4.69, 9.17) is 18.6 Å². The van der Waals surface area contributed by atoms with Gasteiger partial charge in [0.25, 0.3) is 0 Å². The van der Waals surface area contributed by atoms with Crippen molar-refractivity contribution in [1.82, 2.24) is 9.97 Å². The topological polar surface area (TPSA) is 66.6 Å². The first-order chi connectivity index (χ1) is 10.8. The molecule has 6 nitrogen and oxygen atoms in total. The van der Waals surface area contributed by atoms with Crippen LogP contribution in [0.3, 0.4) is 0 Å². The molecule has 6 heteroatoms. The number of benzene rings is 1. The molecule has 0 N–H and O–H groups in total. The lowest BCUT2D eigenvalue weighted by molar-refractivity contribution is 0.171. The van der Waals surface area contributed by atoms with E-state index in [2.05, 4.69) is 9.97 Å². The van der Waals surface area contributed by atoms with Crippen LogP contribution in [-0.4, -0.2) is 23.9 Å². The van der Waals surface area contributed by atoms with Gasteiger partial charge in [-0.05, 0) is 24.3 Å². The molecular formula is C16H12N2O4. The summed E-state index contributed by atoms with van der Waals surface area (Å²) in [5.41, 5.74) is 1.63. The Kier molecular flexibility index (Phi) is 2.93. The predicted octanol–water partition coefficient (Wildman–Crippen LogP) is 3.14. The van der Waals surface area contributed by atoms with Gasteiger partial charge in [-0.25, -0.2) is 4.98 Å². The highest BCUT2D eigenvalue weighted by Crippen LogP contribution is 2.44. The molecule has 3 heterocycles. The quantitative estimate of drug-likeness (QED) is 0.739. The fourth-order valence-electron chi connectivity index (χ4n) is 2.30. The maximum Gasteiger partial charge on any atom is 0.231 e. The molecular weight excluding hydrogens is 284 g/mol. The van der Waals surface area contributed by atoms with Crippen LogP contribution in [0.2, 0.25) is 0 Å². The zero-order valence-electron chi connectivity index (χ0n) is 11.8. The molecule has 0 spiro atoms. The zero-order chi connectivity index (χ0) is 14.9. The van der Waals surface area contributed by atoms with Gasteiger partial charge in [0.1, 0.15) is 0 Å². The van der Waals surface area contributed by atoms with Gasteiger partial charge in [0.2, 0.25) is 18.4 Å². The second-order valence-corrected chi connectivity index (χ2v) is 4.68. The molecule has 4 rings (SSSR count). The number of oxazole rings is 1. The minimum atomic E-state index is 0.187. The largest absolute Gasteiger partial charge is 0.493 e. The van der Waals surface area contributed by atoms with E-state index in [0.29, 0.717) is 28.9 Å². The lowest BCUT2D eigenvalue weighted by Gasteiger charge is -2.06. The number of rotatable bonds is 3. The standard InChI is InChI=1S/C16H12N2O4/c1-19-12-5-11(6-13-15(12)21-9-20-13)14-8-18-16(22-14)10-3-2-4-17-7-10/h2-8H,9H2,1H3. The third-order valence-corrected chi connectivity index (χ3v) is 3.36. The first-order valence-electron chi connectivity index (χ1n) is 6.69. The Morgan fingerprint density at radius 2 is 2.09 bits per heavy atom. The maximum atomic E-state index is 5.81. The molecule has 1 aliphatic rings. The molecule has 1 aliphatic heterocycles. The molecule has 22 heavy (non-hydrogen) atoms. The van der Waals surface area contributed by atoms with E-state index in [1.807, 2.05) is 24.3 Å². The Bertz CT molecular complexity index is 814. The van der Waals surface area contributed by atoms with Gasteiger partial charge < -0.3 is 18.6 Å². The second kappa shape index (κ2) is 5.07. The van der Waals surface area contributed by atoms with Gasteiger partial charge >= 0.3 is 0 Å². The lowest BCUT2D eigenvalue weighted by atomic mass is 10.1. The summed E-state index contributed by atoms with van der Waals surface area (Å²) in [5.74, 6) is 2.98. The Morgan fingerprint density at radius 1 is 1.14 bits per heavy atom. The third-order valence-electron chi connectivity index (χ3n) is 3.36. The summed E-state index contributed by atoms with van der Waals surface area (Å²) in [6.07, 6.45) is 5.07. The zero-order valence-corrected chi connectivity index (χ0v) is 11.8. The molecule has 0 fully saturated rings. The summed E-state index contributed by atoms with van der Waals surface area (Å²) < 4.78 is 21.9. The van der Waals surface area contributed by atoms with Crippen molar-refractivity contribution in [1.29, 1.82) is 0 Å². The minimum absolute atomic E-state index is 0.187. The van der Waals surface area contributed by atoms with E-state index >= 15 is 0 Å². The SMILES string of the molecule is COc1cc(-c2cnc(-c3cccnc3)o2)cc2c1OCO2. The normalized spacial score (nSPS) is 12.4. The molecule has 0 saturated heterocycles. The van der Waals surface area contributed by atoms with Crippen LogP contribution >= 0.6 is 0 Å². The van der Waals surface area contributed by atoms with Crippen LogP contribution in [0.4, 0.5) is 0 Å². The number of aromatic nitrogens is 2. The molecule has 0 unspecified atom stereocenters. The Balaban J connectivity index is 1.76. The van der Waals surface area contributed by atoms with Crippen LogP contribution in [0.5, 0.6) is 17.2 Å². The van der Waals surface area contributed by atoms with Crippen molar-refractivity contribution >= 4 is 0 Å². The number of fused-ring (bicyclic) bond motifs is 1. The van der Waals surface area contributed by atoms with Gasteiger partial charge in [-0.3, -0.25) is 4.98 Å². The summed E-state index contributed by atoms with van der Waals surface area (Å²) in [7, 11) is 1.59. The summed E-state index contributed by atoms with van der Waals surface area (Å²) in [4.78, 5) is 8.35. The van der Waals surface area contributed by atoms with Crippen LogP contribution in [0.15, 0.2) is 47.3 Å². The average Bonchev–Trinajstić information content (AvgIpc) is 3.23. The fourth-order valence-corrected chi connectivity index (χ4v) is 2.30. The second-order valence-electron chi connectivity index (χ2n) is 4.68. The van der Waals surface area contributed by atoms with Crippen molar-refractivity contribution in [3.05, 3.63) is 42.9 Å². The fraction of sp³-hybridized carbons (Fsp3) is 0.125. The number of nitrogens with zero attached hydrogens (tertiary/aromatic N) is 2. The molecule has 1 aromatic carbocycles. The highest BCUT2D eigenvalue weighted by Gasteiger charge is 2.22.